The van der Waals surface area contributed by atoms with E-state index < -0.39 is 6.09 Å². The van der Waals surface area contributed by atoms with E-state index >= 15 is 0 Å². The molecule has 3 amide bonds. The zero-order valence-corrected chi connectivity index (χ0v) is 14.7. The van der Waals surface area contributed by atoms with E-state index in [0.717, 1.165) is 30.6 Å². The quantitative estimate of drug-likeness (QED) is 0.398. The Morgan fingerprint density at radius 2 is 1.77 bits per heavy atom. The van der Waals surface area contributed by atoms with E-state index in [9.17, 15) is 14.4 Å². The van der Waals surface area contributed by atoms with Gasteiger partial charge in [0.15, 0.2) is 0 Å². The van der Waals surface area contributed by atoms with Crippen molar-refractivity contribution in [3.8, 4) is 11.8 Å². The van der Waals surface area contributed by atoms with Crippen molar-refractivity contribution in [1.82, 2.24) is 10.2 Å². The lowest BCUT2D eigenvalue weighted by Crippen LogP contribution is -2.34. The van der Waals surface area contributed by atoms with E-state index in [0.29, 0.717) is 37.5 Å². The minimum atomic E-state index is -0.432. The molecule has 1 heterocycles. The molecule has 1 fully saturated rings. The standard InChI is InChI=1S/C19H24N2O5/c22-17-7-8-18(23)21(17)10-12-25-11-9-20-19(24)26-13-16-14-5-3-1-2-4-6-15(14)16/h7-8,14-16H,3-6,9-13H2,(H,20,24)/t14-,15+,16?. The lowest BCUT2D eigenvalue weighted by molar-refractivity contribution is -0.137. The summed E-state index contributed by atoms with van der Waals surface area (Å²) in [5, 5.41) is 2.65. The van der Waals surface area contributed by atoms with Gasteiger partial charge >= 0.3 is 6.09 Å². The number of imide groups is 1. The Morgan fingerprint density at radius 1 is 1.12 bits per heavy atom. The molecule has 26 heavy (non-hydrogen) atoms. The number of hydrogen-bond donors (Lipinski definition) is 1. The maximum Gasteiger partial charge on any atom is 0.407 e. The van der Waals surface area contributed by atoms with Crippen LogP contribution in [0.25, 0.3) is 0 Å². The largest absolute Gasteiger partial charge is 0.449 e. The first-order chi connectivity index (χ1) is 12.7. The second kappa shape index (κ2) is 8.86. The summed E-state index contributed by atoms with van der Waals surface area (Å²) in [4.78, 5) is 35.5. The number of hydrogen-bond acceptors (Lipinski definition) is 5. The molecule has 1 N–H and O–H groups in total. The summed E-state index contributed by atoms with van der Waals surface area (Å²) in [6, 6.07) is 0. The highest BCUT2D eigenvalue weighted by Crippen LogP contribution is 2.52. The van der Waals surface area contributed by atoms with E-state index in [4.69, 9.17) is 9.47 Å². The summed E-state index contributed by atoms with van der Waals surface area (Å²) >= 11 is 0. The van der Waals surface area contributed by atoms with Crippen LogP contribution in [0.15, 0.2) is 12.2 Å². The highest BCUT2D eigenvalue weighted by Gasteiger charge is 2.49. The van der Waals surface area contributed by atoms with Crippen molar-refractivity contribution in [3.63, 3.8) is 0 Å². The topological polar surface area (TPSA) is 84.9 Å². The van der Waals surface area contributed by atoms with Crippen LogP contribution < -0.4 is 5.32 Å². The number of nitrogens with one attached hydrogen (secondary N) is 1. The molecule has 1 aliphatic heterocycles. The molecule has 2 aliphatic carbocycles. The highest BCUT2D eigenvalue weighted by atomic mass is 16.5. The van der Waals surface area contributed by atoms with Gasteiger partial charge in [0.1, 0.15) is 0 Å². The third kappa shape index (κ3) is 4.85. The SMILES string of the molecule is O=C(NCCOCCN1C(=O)C=CC1=O)OCC1[C@H]2CCC#CCC[C@@H]12. The zero-order valence-electron chi connectivity index (χ0n) is 14.7. The summed E-state index contributed by atoms with van der Waals surface area (Å²) in [7, 11) is 0. The molecule has 0 radical (unpaired) electrons. The Bertz CT molecular complexity index is 612. The summed E-state index contributed by atoms with van der Waals surface area (Å²) in [6.07, 6.45) is 6.17. The molecule has 3 aliphatic rings. The summed E-state index contributed by atoms with van der Waals surface area (Å²) < 4.78 is 10.6. The van der Waals surface area contributed by atoms with Crippen LogP contribution in [-0.4, -0.2) is 55.7 Å². The molecule has 7 nitrogen and oxygen atoms in total. The van der Waals surface area contributed by atoms with Gasteiger partial charge in [0.2, 0.25) is 0 Å². The summed E-state index contributed by atoms with van der Waals surface area (Å²) in [5.74, 6) is 7.49. The van der Waals surface area contributed by atoms with Gasteiger partial charge in [0.05, 0.1) is 26.4 Å². The van der Waals surface area contributed by atoms with Crippen LogP contribution >= 0.6 is 0 Å². The highest BCUT2D eigenvalue weighted by molar-refractivity contribution is 6.12. The first-order valence-corrected chi connectivity index (χ1v) is 9.14. The molecule has 0 spiro atoms. The Kier molecular flexibility index (Phi) is 6.29. The number of fused-ring (bicyclic) bond motifs is 1. The van der Waals surface area contributed by atoms with Crippen LogP contribution in [0.1, 0.15) is 25.7 Å². The third-order valence-corrected chi connectivity index (χ3v) is 5.12. The number of rotatable bonds is 8. The fourth-order valence-corrected chi connectivity index (χ4v) is 3.64. The minimum absolute atomic E-state index is 0.212. The first-order valence-electron chi connectivity index (χ1n) is 9.14. The van der Waals surface area contributed by atoms with Crippen molar-refractivity contribution >= 4 is 17.9 Å². The molecule has 140 valence electrons. The van der Waals surface area contributed by atoms with Crippen molar-refractivity contribution in [1.29, 1.82) is 0 Å². The smallest absolute Gasteiger partial charge is 0.407 e. The van der Waals surface area contributed by atoms with Crippen molar-refractivity contribution in [2.45, 2.75) is 25.7 Å². The fraction of sp³-hybridized carbons (Fsp3) is 0.632. The molecule has 0 aromatic rings. The van der Waals surface area contributed by atoms with Gasteiger partial charge in [-0.15, -0.1) is 11.8 Å². The Morgan fingerprint density at radius 3 is 2.42 bits per heavy atom. The number of carbonyl (C=O) groups excluding carboxylic acids is 3. The fourth-order valence-electron chi connectivity index (χ4n) is 3.64. The second-order valence-corrected chi connectivity index (χ2v) is 6.72. The second-order valence-electron chi connectivity index (χ2n) is 6.72. The Balaban J connectivity index is 1.20. The molecule has 3 atom stereocenters. The van der Waals surface area contributed by atoms with Crippen molar-refractivity contribution in [2.24, 2.45) is 17.8 Å². The monoisotopic (exact) mass is 360 g/mol. The summed E-state index contributed by atoms with van der Waals surface area (Å²) in [6.45, 7) is 1.54. The summed E-state index contributed by atoms with van der Waals surface area (Å²) in [5.41, 5.74) is 0. The van der Waals surface area contributed by atoms with E-state index in [2.05, 4.69) is 17.2 Å². The van der Waals surface area contributed by atoms with E-state index in [-0.39, 0.29) is 25.0 Å². The minimum Gasteiger partial charge on any atom is -0.449 e. The molecule has 7 heteroatoms. The Labute approximate surface area is 153 Å². The van der Waals surface area contributed by atoms with Gasteiger partial charge in [-0.25, -0.2) is 4.79 Å². The van der Waals surface area contributed by atoms with E-state index in [1.54, 1.807) is 0 Å². The first kappa shape index (κ1) is 18.5. The average molecular weight is 360 g/mol. The number of ether oxygens (including phenoxy) is 2. The van der Waals surface area contributed by atoms with Crippen LogP contribution in [-0.2, 0) is 19.1 Å². The van der Waals surface area contributed by atoms with Crippen molar-refractivity contribution < 1.29 is 23.9 Å². The van der Waals surface area contributed by atoms with Crippen LogP contribution in [0.4, 0.5) is 4.79 Å². The van der Waals surface area contributed by atoms with Crippen LogP contribution in [0.3, 0.4) is 0 Å². The zero-order chi connectivity index (χ0) is 18.4. The van der Waals surface area contributed by atoms with Gasteiger partial charge in [-0.3, -0.25) is 14.5 Å². The van der Waals surface area contributed by atoms with E-state index in [1.807, 2.05) is 0 Å². The number of amides is 3. The molecular formula is C19H24N2O5. The van der Waals surface area contributed by atoms with Crippen LogP contribution in [0.5, 0.6) is 0 Å². The predicted octanol–water partition coefficient (Wildman–Crippen LogP) is 1.09. The van der Waals surface area contributed by atoms with Gasteiger partial charge < -0.3 is 14.8 Å². The third-order valence-electron chi connectivity index (χ3n) is 5.12. The lowest BCUT2D eigenvalue weighted by atomic mass is 10.1. The Hall–Kier alpha value is -2.33. The van der Waals surface area contributed by atoms with Crippen molar-refractivity contribution in [2.75, 3.05) is 32.9 Å². The molecule has 0 saturated heterocycles. The van der Waals surface area contributed by atoms with Crippen molar-refractivity contribution in [3.05, 3.63) is 12.2 Å². The van der Waals surface area contributed by atoms with Gasteiger partial charge in [-0.1, -0.05) is 0 Å². The van der Waals surface area contributed by atoms with Gasteiger partial charge in [-0.2, -0.15) is 0 Å². The van der Waals surface area contributed by atoms with Crippen LogP contribution in [0.2, 0.25) is 0 Å². The molecule has 1 unspecified atom stereocenters. The maximum absolute atomic E-state index is 11.7. The molecule has 0 aromatic heterocycles. The predicted molar refractivity (Wildman–Crippen MR) is 92.7 cm³/mol. The molecule has 3 rings (SSSR count). The normalized spacial score (nSPS) is 26.5. The lowest BCUT2D eigenvalue weighted by Gasteiger charge is -2.13. The van der Waals surface area contributed by atoms with E-state index in [1.165, 1.54) is 12.2 Å². The maximum atomic E-state index is 11.7. The molecular weight excluding hydrogens is 336 g/mol. The molecule has 1 saturated carbocycles. The van der Waals surface area contributed by atoms with Gasteiger partial charge in [-0.05, 0) is 30.6 Å². The number of alkyl carbamates (subject to hydrolysis) is 1. The van der Waals surface area contributed by atoms with Crippen LogP contribution in [0, 0.1) is 29.6 Å². The molecule has 0 aromatic carbocycles. The van der Waals surface area contributed by atoms with Gasteiger partial charge in [0, 0.05) is 31.5 Å². The number of nitrogens with zero attached hydrogens (tertiary/aromatic N) is 1. The number of carbonyl (C=O) groups is 3. The molecule has 0 bridgehead atoms. The average Bonchev–Trinajstić information content (AvgIpc) is 3.14. The van der Waals surface area contributed by atoms with Gasteiger partial charge in [0.25, 0.3) is 11.8 Å².